The summed E-state index contributed by atoms with van der Waals surface area (Å²) >= 11 is 0. The zero-order chi connectivity index (χ0) is 25.8. The zero-order valence-electron chi connectivity index (χ0n) is 21.6. The summed E-state index contributed by atoms with van der Waals surface area (Å²) < 4.78 is 5.63. The van der Waals surface area contributed by atoms with Crippen molar-refractivity contribution in [1.82, 2.24) is 39.5 Å². The van der Waals surface area contributed by atoms with Crippen LogP contribution in [0.2, 0.25) is 0 Å². The predicted octanol–water partition coefficient (Wildman–Crippen LogP) is 4.26. The van der Waals surface area contributed by atoms with Crippen LogP contribution in [-0.4, -0.2) is 45.8 Å². The van der Waals surface area contributed by atoms with Gasteiger partial charge in [0.05, 0.1) is 12.2 Å². The third-order valence-electron chi connectivity index (χ3n) is 7.27. The molecule has 1 aliphatic heterocycles. The second-order valence-electron chi connectivity index (χ2n) is 9.68. The number of tetrazole rings is 1. The summed E-state index contributed by atoms with van der Waals surface area (Å²) in [6.45, 7) is 6.91. The first kappa shape index (κ1) is 24.6. The van der Waals surface area contributed by atoms with E-state index in [2.05, 4.69) is 69.7 Å². The standard InChI is InChI=1S/C27H33N9O/c1-4-6-10-23-18-34(24-11-14-29-36(24)20(3)5-2)26(37)35(23)19-27(12-15-28-16-13-27)22-9-7-8-21(17-22)25-30-32-33-31-25/h7-9,11-12,14-18,20H,4-6,10,13,19H2,1-3H3,(H,30,31,32,33). The molecule has 0 saturated carbocycles. The van der Waals surface area contributed by atoms with Crippen molar-refractivity contribution in [3.63, 3.8) is 0 Å². The first-order chi connectivity index (χ1) is 18.1. The number of imidazole rings is 1. The molecule has 5 rings (SSSR count). The second-order valence-corrected chi connectivity index (χ2v) is 9.68. The summed E-state index contributed by atoms with van der Waals surface area (Å²) in [5.41, 5.74) is 2.46. The molecule has 3 aromatic heterocycles. The van der Waals surface area contributed by atoms with Crippen LogP contribution in [-0.2, 0) is 18.4 Å². The average Bonchev–Trinajstić information content (AvgIpc) is 3.70. The van der Waals surface area contributed by atoms with Gasteiger partial charge in [-0.15, -0.1) is 10.2 Å². The zero-order valence-corrected chi connectivity index (χ0v) is 21.6. The number of aromatic amines is 1. The van der Waals surface area contributed by atoms with Crippen molar-refractivity contribution in [3.05, 3.63) is 76.7 Å². The van der Waals surface area contributed by atoms with Gasteiger partial charge in [-0.2, -0.15) is 10.3 Å². The monoisotopic (exact) mass is 499 g/mol. The van der Waals surface area contributed by atoms with E-state index in [0.29, 0.717) is 18.8 Å². The Morgan fingerprint density at radius 1 is 1.22 bits per heavy atom. The minimum Gasteiger partial charge on any atom is -0.295 e. The summed E-state index contributed by atoms with van der Waals surface area (Å²) in [5, 5.41) is 19.0. The molecule has 0 bridgehead atoms. The average molecular weight is 500 g/mol. The summed E-state index contributed by atoms with van der Waals surface area (Å²) in [7, 11) is 0. The van der Waals surface area contributed by atoms with Crippen molar-refractivity contribution < 1.29 is 0 Å². The molecule has 37 heavy (non-hydrogen) atoms. The van der Waals surface area contributed by atoms with Gasteiger partial charge in [-0.1, -0.05) is 44.5 Å². The lowest BCUT2D eigenvalue weighted by Gasteiger charge is -2.32. The summed E-state index contributed by atoms with van der Waals surface area (Å²) in [6, 6.07) is 10.3. The molecule has 0 amide bonds. The molecule has 2 atom stereocenters. The number of nitrogens with zero attached hydrogens (tertiary/aromatic N) is 8. The number of rotatable bonds is 10. The van der Waals surface area contributed by atoms with Crippen molar-refractivity contribution in [2.75, 3.05) is 0 Å². The fourth-order valence-electron chi connectivity index (χ4n) is 4.92. The second kappa shape index (κ2) is 10.5. The Morgan fingerprint density at radius 2 is 2.11 bits per heavy atom. The van der Waals surface area contributed by atoms with Crippen molar-refractivity contribution in [2.45, 2.75) is 70.9 Å². The quantitative estimate of drug-likeness (QED) is 0.350. The smallest absolute Gasteiger partial charge is 0.295 e. The van der Waals surface area contributed by atoms with Crippen LogP contribution in [0.25, 0.3) is 17.2 Å². The fraction of sp³-hybridized carbons (Fsp3) is 0.407. The van der Waals surface area contributed by atoms with Crippen LogP contribution in [0.15, 0.2) is 64.8 Å². The summed E-state index contributed by atoms with van der Waals surface area (Å²) in [5.74, 6) is 1.33. The molecular formula is C27H33N9O. The highest BCUT2D eigenvalue weighted by molar-refractivity contribution is 5.65. The first-order valence-electron chi connectivity index (χ1n) is 12.9. The number of allylic oxidation sites excluding steroid dienone is 1. The van der Waals surface area contributed by atoms with E-state index in [9.17, 15) is 4.79 Å². The van der Waals surface area contributed by atoms with Gasteiger partial charge in [-0.3, -0.25) is 14.1 Å². The van der Waals surface area contributed by atoms with Gasteiger partial charge in [0, 0.05) is 47.9 Å². The SMILES string of the molecule is CCCCc1cn(-c2ccnn2C(C)CC)c(=O)n1CC1(c2cccc(-c3nn[nH]n3)c2)C=CN=CC1. The highest BCUT2D eigenvalue weighted by atomic mass is 16.1. The van der Waals surface area contributed by atoms with Gasteiger partial charge in [0.15, 0.2) is 0 Å². The lowest BCUT2D eigenvalue weighted by atomic mass is 9.76. The number of H-pyrrole nitrogens is 1. The number of aliphatic imine (C=N–C) groups is 1. The van der Waals surface area contributed by atoms with E-state index >= 15 is 0 Å². The van der Waals surface area contributed by atoms with Crippen molar-refractivity contribution in [2.24, 2.45) is 4.99 Å². The van der Waals surface area contributed by atoms with Crippen LogP contribution in [0, 0.1) is 0 Å². The van der Waals surface area contributed by atoms with Crippen LogP contribution >= 0.6 is 0 Å². The molecule has 4 heterocycles. The van der Waals surface area contributed by atoms with Crippen molar-refractivity contribution in [1.29, 1.82) is 0 Å². The molecule has 1 aromatic carbocycles. The van der Waals surface area contributed by atoms with E-state index < -0.39 is 5.41 Å². The maximum absolute atomic E-state index is 14.0. The molecule has 0 fully saturated rings. The molecule has 0 saturated heterocycles. The van der Waals surface area contributed by atoms with Gasteiger partial charge < -0.3 is 0 Å². The van der Waals surface area contributed by atoms with E-state index in [1.807, 2.05) is 46.1 Å². The highest BCUT2D eigenvalue weighted by Crippen LogP contribution is 2.35. The Labute approximate surface area is 215 Å². The molecule has 4 aromatic rings. The van der Waals surface area contributed by atoms with E-state index in [1.54, 1.807) is 10.8 Å². The Bertz CT molecular complexity index is 1460. The van der Waals surface area contributed by atoms with Crippen LogP contribution in [0.4, 0.5) is 0 Å². The van der Waals surface area contributed by atoms with Gasteiger partial charge in [-0.05, 0) is 49.5 Å². The van der Waals surface area contributed by atoms with Gasteiger partial charge >= 0.3 is 5.69 Å². The molecule has 1 N–H and O–H groups in total. The molecule has 10 nitrogen and oxygen atoms in total. The first-order valence-corrected chi connectivity index (χ1v) is 12.9. The van der Waals surface area contributed by atoms with Crippen LogP contribution in [0.5, 0.6) is 0 Å². The van der Waals surface area contributed by atoms with E-state index in [-0.39, 0.29) is 11.7 Å². The van der Waals surface area contributed by atoms with E-state index in [4.69, 9.17) is 0 Å². The van der Waals surface area contributed by atoms with E-state index in [1.165, 1.54) is 0 Å². The Balaban J connectivity index is 1.60. The number of unbranched alkanes of at least 4 members (excludes halogenated alkanes) is 1. The van der Waals surface area contributed by atoms with Gasteiger partial charge in [0.25, 0.3) is 0 Å². The number of hydrogen-bond acceptors (Lipinski definition) is 6. The minimum atomic E-state index is -0.449. The highest BCUT2D eigenvalue weighted by Gasteiger charge is 2.33. The number of hydrogen-bond donors (Lipinski definition) is 1. The van der Waals surface area contributed by atoms with Crippen LogP contribution < -0.4 is 5.69 Å². The van der Waals surface area contributed by atoms with Gasteiger partial charge in [0.1, 0.15) is 5.82 Å². The predicted molar refractivity (Wildman–Crippen MR) is 143 cm³/mol. The Hall–Kier alpha value is -4.08. The fourth-order valence-corrected chi connectivity index (χ4v) is 4.92. The lowest BCUT2D eigenvalue weighted by Crippen LogP contribution is -2.37. The lowest BCUT2D eigenvalue weighted by molar-refractivity contribution is 0.435. The Kier molecular flexibility index (Phi) is 6.98. The maximum atomic E-state index is 14.0. The topological polar surface area (TPSA) is 112 Å². The number of aromatic nitrogens is 8. The number of aryl methyl sites for hydroxylation is 1. The minimum absolute atomic E-state index is 0.0548. The van der Waals surface area contributed by atoms with Gasteiger partial charge in [0.2, 0.25) is 5.82 Å². The largest absolute Gasteiger partial charge is 0.334 e. The summed E-state index contributed by atoms with van der Waals surface area (Å²) in [4.78, 5) is 18.4. The molecule has 1 aliphatic rings. The van der Waals surface area contributed by atoms with Crippen molar-refractivity contribution >= 4 is 6.21 Å². The summed E-state index contributed by atoms with van der Waals surface area (Å²) in [6.07, 6.45) is 14.1. The molecular weight excluding hydrogens is 466 g/mol. The van der Waals surface area contributed by atoms with Crippen molar-refractivity contribution in [3.8, 4) is 17.2 Å². The van der Waals surface area contributed by atoms with E-state index in [0.717, 1.165) is 48.3 Å². The molecule has 192 valence electrons. The molecule has 0 radical (unpaired) electrons. The molecule has 0 aliphatic carbocycles. The van der Waals surface area contributed by atoms with Gasteiger partial charge in [-0.25, -0.2) is 9.48 Å². The maximum Gasteiger partial charge on any atom is 0.334 e. The number of nitrogens with one attached hydrogen (secondary N) is 1. The third-order valence-corrected chi connectivity index (χ3v) is 7.27. The van der Waals surface area contributed by atoms with Crippen LogP contribution in [0.1, 0.15) is 63.8 Å². The molecule has 0 spiro atoms. The third kappa shape index (κ3) is 4.71. The number of benzene rings is 1. The molecule has 10 heteroatoms. The molecule has 2 unspecified atom stereocenters. The normalized spacial score (nSPS) is 17.9. The Morgan fingerprint density at radius 3 is 2.84 bits per heavy atom. The van der Waals surface area contributed by atoms with Crippen LogP contribution in [0.3, 0.4) is 0 Å².